The van der Waals surface area contributed by atoms with Crippen molar-refractivity contribution in [3.8, 4) is 17.0 Å². The van der Waals surface area contributed by atoms with Crippen molar-refractivity contribution in [2.75, 3.05) is 33.4 Å². The first kappa shape index (κ1) is 28.5. The van der Waals surface area contributed by atoms with E-state index < -0.39 is 10.0 Å². The molecule has 0 aliphatic carbocycles. The fourth-order valence-corrected chi connectivity index (χ4v) is 6.54. The van der Waals surface area contributed by atoms with Gasteiger partial charge in [-0.2, -0.15) is 4.31 Å². The minimum atomic E-state index is -3.56. The highest BCUT2D eigenvalue weighted by Crippen LogP contribution is 2.26. The molecule has 0 amide bonds. The third-order valence-corrected chi connectivity index (χ3v) is 9.14. The van der Waals surface area contributed by atoms with Gasteiger partial charge in [0.1, 0.15) is 5.75 Å². The Kier molecular flexibility index (Phi) is 9.45. The lowest BCUT2D eigenvalue weighted by molar-refractivity contribution is 0.0730. The van der Waals surface area contributed by atoms with E-state index in [4.69, 9.17) is 26.1 Å². The number of sulfonamides is 1. The van der Waals surface area contributed by atoms with Gasteiger partial charge in [-0.3, -0.25) is 0 Å². The summed E-state index contributed by atoms with van der Waals surface area (Å²) >= 11 is 7.63. The second-order valence-corrected chi connectivity index (χ2v) is 11.7. The Balaban J connectivity index is 0.00000336. The zero-order chi connectivity index (χ0) is 25.8. The smallest absolute Gasteiger partial charge is 0.243 e. The number of halogens is 2. The molecule has 7 nitrogen and oxygen atoms in total. The molecule has 1 saturated heterocycles. The molecule has 0 N–H and O–H groups in total. The molecule has 38 heavy (non-hydrogen) atoms. The number of rotatable bonds is 7. The van der Waals surface area contributed by atoms with E-state index in [0.29, 0.717) is 37.9 Å². The summed E-state index contributed by atoms with van der Waals surface area (Å²) < 4.78 is 40.3. The van der Waals surface area contributed by atoms with Crippen molar-refractivity contribution in [2.45, 2.75) is 11.4 Å². The Morgan fingerprint density at radius 1 is 0.974 bits per heavy atom. The van der Waals surface area contributed by atoms with Crippen LogP contribution < -0.4 is 9.54 Å². The number of morpholine rings is 1. The Bertz CT molecular complexity index is 1530. The molecule has 1 aromatic heterocycles. The van der Waals surface area contributed by atoms with Crippen molar-refractivity contribution < 1.29 is 17.9 Å². The van der Waals surface area contributed by atoms with E-state index in [1.807, 2.05) is 66.0 Å². The lowest BCUT2D eigenvalue weighted by Crippen LogP contribution is -2.40. The normalized spacial score (nSPS) is 14.7. The minimum absolute atomic E-state index is 0. The monoisotopic (exact) mass is 635 g/mol. The fourth-order valence-electron chi connectivity index (χ4n) is 4.08. The zero-order valence-corrected chi connectivity index (χ0v) is 24.7. The van der Waals surface area contributed by atoms with E-state index in [1.165, 1.54) is 15.6 Å². The molecule has 2 heterocycles. The van der Waals surface area contributed by atoms with Gasteiger partial charge in [-0.1, -0.05) is 35.9 Å². The third kappa shape index (κ3) is 6.39. The molecule has 0 spiro atoms. The largest absolute Gasteiger partial charge is 0.497 e. The number of ether oxygens (including phenoxy) is 2. The first-order valence-electron chi connectivity index (χ1n) is 11.7. The summed E-state index contributed by atoms with van der Waals surface area (Å²) in [4.78, 5) is 5.98. The van der Waals surface area contributed by atoms with E-state index in [1.54, 1.807) is 19.2 Å². The number of hydrogen-bond donors (Lipinski definition) is 0. The SMILES string of the molecule is Br.COc1ccc(N=c2scc(-c3ccc(S(=O)(=O)N4CCOCC4)cc3)n2Cc2ccc(Cl)cc2)cc1. The second kappa shape index (κ2) is 12.6. The molecule has 3 aromatic carbocycles. The molecule has 0 radical (unpaired) electrons. The third-order valence-electron chi connectivity index (χ3n) is 6.11. The summed E-state index contributed by atoms with van der Waals surface area (Å²) in [7, 11) is -1.92. The molecule has 0 unspecified atom stereocenters. The quantitative estimate of drug-likeness (QED) is 0.259. The van der Waals surface area contributed by atoms with Crippen LogP contribution in [0.3, 0.4) is 0 Å². The predicted molar refractivity (Wildman–Crippen MR) is 156 cm³/mol. The Morgan fingerprint density at radius 2 is 1.63 bits per heavy atom. The summed E-state index contributed by atoms with van der Waals surface area (Å²) in [6.45, 7) is 2.14. The van der Waals surface area contributed by atoms with Crippen LogP contribution in [0.5, 0.6) is 5.75 Å². The Morgan fingerprint density at radius 3 is 2.26 bits per heavy atom. The van der Waals surface area contributed by atoms with Gasteiger partial charge in [-0.25, -0.2) is 13.4 Å². The van der Waals surface area contributed by atoms with Gasteiger partial charge >= 0.3 is 0 Å². The van der Waals surface area contributed by atoms with Crippen molar-refractivity contribution in [1.82, 2.24) is 8.87 Å². The highest BCUT2D eigenvalue weighted by atomic mass is 79.9. The molecule has 0 saturated carbocycles. The van der Waals surface area contributed by atoms with Crippen LogP contribution >= 0.6 is 39.9 Å². The van der Waals surface area contributed by atoms with Gasteiger partial charge in [0, 0.05) is 23.5 Å². The van der Waals surface area contributed by atoms with Crippen molar-refractivity contribution >= 4 is 55.6 Å². The predicted octanol–water partition coefficient (Wildman–Crippen LogP) is 5.76. The summed E-state index contributed by atoms with van der Waals surface area (Å²) in [5.74, 6) is 0.770. The fraction of sp³-hybridized carbons (Fsp3) is 0.222. The molecular weight excluding hydrogens is 610 g/mol. The first-order valence-corrected chi connectivity index (χ1v) is 14.4. The second-order valence-electron chi connectivity index (χ2n) is 8.47. The molecule has 1 fully saturated rings. The average Bonchev–Trinajstić information content (AvgIpc) is 3.32. The van der Waals surface area contributed by atoms with Crippen LogP contribution in [0, 0.1) is 0 Å². The van der Waals surface area contributed by atoms with Crippen LogP contribution in [0.2, 0.25) is 5.02 Å². The number of aromatic nitrogens is 1. The van der Waals surface area contributed by atoms with Crippen LogP contribution in [0.15, 0.2) is 88.1 Å². The van der Waals surface area contributed by atoms with Gasteiger partial charge in [-0.15, -0.1) is 28.3 Å². The number of methoxy groups -OCH3 is 1. The number of benzene rings is 3. The van der Waals surface area contributed by atoms with E-state index in [0.717, 1.165) is 33.1 Å². The van der Waals surface area contributed by atoms with Gasteiger partial charge in [0.25, 0.3) is 0 Å². The number of nitrogens with zero attached hydrogens (tertiary/aromatic N) is 3. The molecule has 1 aliphatic heterocycles. The summed E-state index contributed by atoms with van der Waals surface area (Å²) in [6.07, 6.45) is 0. The maximum atomic E-state index is 13.1. The Labute approximate surface area is 241 Å². The molecule has 0 bridgehead atoms. The maximum Gasteiger partial charge on any atom is 0.243 e. The molecular formula is C27H27BrClN3O4S2. The highest BCUT2D eigenvalue weighted by molar-refractivity contribution is 8.93. The van der Waals surface area contributed by atoms with Crippen molar-refractivity contribution in [2.24, 2.45) is 4.99 Å². The van der Waals surface area contributed by atoms with Gasteiger partial charge < -0.3 is 14.0 Å². The highest BCUT2D eigenvalue weighted by Gasteiger charge is 2.26. The lowest BCUT2D eigenvalue weighted by atomic mass is 10.1. The van der Waals surface area contributed by atoms with Crippen molar-refractivity contribution in [3.05, 3.63) is 93.6 Å². The van der Waals surface area contributed by atoms with Crippen molar-refractivity contribution in [1.29, 1.82) is 0 Å². The molecule has 0 atom stereocenters. The van der Waals surface area contributed by atoms with E-state index in [9.17, 15) is 8.42 Å². The molecule has 5 rings (SSSR count). The summed E-state index contributed by atoms with van der Waals surface area (Å²) in [6, 6.07) is 22.4. The van der Waals surface area contributed by atoms with Crippen molar-refractivity contribution in [3.63, 3.8) is 0 Å². The summed E-state index contributed by atoms with van der Waals surface area (Å²) in [5, 5.41) is 2.73. The molecule has 200 valence electrons. The summed E-state index contributed by atoms with van der Waals surface area (Å²) in [5.41, 5.74) is 3.74. The van der Waals surface area contributed by atoms with Gasteiger partial charge in [-0.05, 0) is 59.7 Å². The molecule has 4 aromatic rings. The van der Waals surface area contributed by atoms with Crippen LogP contribution in [0.1, 0.15) is 5.56 Å². The standard InChI is InChI=1S/C27H26ClN3O4S2.BrH/c1-34-24-10-8-23(9-11-24)29-27-31(18-20-2-6-22(28)7-3-20)26(19-36-27)21-4-12-25(13-5-21)37(32,33)30-14-16-35-17-15-30;/h2-13,19H,14-18H2,1H3;1H. The Hall–Kier alpha value is -2.47. The van der Waals surface area contributed by atoms with Gasteiger partial charge in [0.05, 0.1) is 43.1 Å². The lowest BCUT2D eigenvalue weighted by Gasteiger charge is -2.26. The molecule has 1 aliphatic rings. The van der Waals surface area contributed by atoms with E-state index in [-0.39, 0.29) is 21.9 Å². The van der Waals surface area contributed by atoms with Crippen LogP contribution in [-0.4, -0.2) is 50.7 Å². The minimum Gasteiger partial charge on any atom is -0.497 e. The van der Waals surface area contributed by atoms with Gasteiger partial charge in [0.2, 0.25) is 10.0 Å². The number of hydrogen-bond acceptors (Lipinski definition) is 6. The topological polar surface area (TPSA) is 73.1 Å². The maximum absolute atomic E-state index is 13.1. The zero-order valence-electron chi connectivity index (χ0n) is 20.6. The van der Waals surface area contributed by atoms with E-state index >= 15 is 0 Å². The van der Waals surface area contributed by atoms with Gasteiger partial charge in [0.15, 0.2) is 4.80 Å². The van der Waals surface area contributed by atoms with Crippen LogP contribution in [0.4, 0.5) is 5.69 Å². The van der Waals surface area contributed by atoms with Crippen LogP contribution in [-0.2, 0) is 21.3 Å². The average molecular weight is 637 g/mol. The van der Waals surface area contributed by atoms with E-state index in [2.05, 4.69) is 4.57 Å². The first-order chi connectivity index (χ1) is 17.9. The van der Waals surface area contributed by atoms with Crippen LogP contribution in [0.25, 0.3) is 11.3 Å². The molecule has 11 heteroatoms. The number of thiazole rings is 1.